The number of hydrogen-bond donors (Lipinski definition) is 1. The van der Waals surface area contributed by atoms with Gasteiger partial charge in [-0.1, -0.05) is 36.4 Å². The molecule has 1 N–H and O–H groups in total. The summed E-state index contributed by atoms with van der Waals surface area (Å²) >= 11 is 0. The molecule has 0 amide bonds. The summed E-state index contributed by atoms with van der Waals surface area (Å²) in [6.07, 6.45) is 4.80. The molecule has 0 bridgehead atoms. The Balaban J connectivity index is 1.78. The Morgan fingerprint density at radius 1 is 1.14 bits per heavy atom. The predicted molar refractivity (Wildman–Crippen MR) is 88.4 cm³/mol. The molecule has 3 heteroatoms. The Bertz CT molecular complexity index is 597. The maximum absolute atomic E-state index is 11.2. The van der Waals surface area contributed by atoms with Gasteiger partial charge in [0.05, 0.1) is 5.69 Å². The van der Waals surface area contributed by atoms with E-state index in [1.807, 2.05) is 31.3 Å². The molecule has 3 rings (SSSR count). The molecule has 1 unspecified atom stereocenters. The molecule has 0 saturated carbocycles. The van der Waals surface area contributed by atoms with Crippen molar-refractivity contribution in [1.82, 2.24) is 9.88 Å². The van der Waals surface area contributed by atoms with Crippen LogP contribution in [-0.4, -0.2) is 28.1 Å². The van der Waals surface area contributed by atoms with Crippen LogP contribution < -0.4 is 0 Å². The van der Waals surface area contributed by atoms with Crippen molar-refractivity contribution in [3.05, 3.63) is 65.5 Å². The second kappa shape index (κ2) is 6.59. The van der Waals surface area contributed by atoms with Crippen LogP contribution in [0.25, 0.3) is 0 Å². The van der Waals surface area contributed by atoms with Crippen LogP contribution in [0.3, 0.4) is 0 Å². The normalized spacial score (nSPS) is 23.2. The standard InChI is InChI=1S/C19H24N2O/c1-16-9-10-18(20-13-16)19(22)11-5-6-12-21(15-19)14-17-7-3-2-4-8-17/h2-4,7-10,13,22H,5-6,11-12,14-15H2,1H3. The van der Waals surface area contributed by atoms with Gasteiger partial charge in [0.15, 0.2) is 0 Å². The first-order chi connectivity index (χ1) is 10.7. The second-order valence-electron chi connectivity index (χ2n) is 6.41. The predicted octanol–water partition coefficient (Wildman–Crippen LogP) is 3.26. The van der Waals surface area contributed by atoms with Gasteiger partial charge in [0.1, 0.15) is 5.60 Å². The fourth-order valence-electron chi connectivity index (χ4n) is 3.21. The summed E-state index contributed by atoms with van der Waals surface area (Å²) in [6, 6.07) is 14.5. The molecule has 1 aliphatic heterocycles. The molecule has 0 spiro atoms. The van der Waals surface area contributed by atoms with Gasteiger partial charge < -0.3 is 5.11 Å². The number of nitrogens with zero attached hydrogens (tertiary/aromatic N) is 2. The summed E-state index contributed by atoms with van der Waals surface area (Å²) < 4.78 is 0. The number of aryl methyl sites for hydroxylation is 1. The van der Waals surface area contributed by atoms with Gasteiger partial charge in [-0.05, 0) is 49.9 Å². The molecule has 3 nitrogen and oxygen atoms in total. The average Bonchev–Trinajstić information content (AvgIpc) is 2.71. The number of benzene rings is 1. The molecule has 0 aliphatic carbocycles. The third-order valence-electron chi connectivity index (χ3n) is 4.44. The van der Waals surface area contributed by atoms with Crippen molar-refractivity contribution in [2.45, 2.75) is 38.3 Å². The van der Waals surface area contributed by atoms with Crippen molar-refractivity contribution in [1.29, 1.82) is 0 Å². The highest BCUT2D eigenvalue weighted by Gasteiger charge is 2.34. The molecular formula is C19H24N2O. The first-order valence-electron chi connectivity index (χ1n) is 8.07. The lowest BCUT2D eigenvalue weighted by Crippen LogP contribution is -2.39. The van der Waals surface area contributed by atoms with Crippen LogP contribution in [0.15, 0.2) is 48.7 Å². The van der Waals surface area contributed by atoms with Crippen LogP contribution in [0.5, 0.6) is 0 Å². The molecule has 1 saturated heterocycles. The summed E-state index contributed by atoms with van der Waals surface area (Å²) in [4.78, 5) is 6.83. The smallest absolute Gasteiger partial charge is 0.119 e. The van der Waals surface area contributed by atoms with E-state index in [-0.39, 0.29) is 0 Å². The molecule has 2 aromatic rings. The molecule has 1 atom stereocenters. The number of aliphatic hydroxyl groups is 1. The first-order valence-corrected chi connectivity index (χ1v) is 8.07. The maximum Gasteiger partial charge on any atom is 0.119 e. The van der Waals surface area contributed by atoms with Crippen molar-refractivity contribution < 1.29 is 5.11 Å². The monoisotopic (exact) mass is 296 g/mol. The van der Waals surface area contributed by atoms with Crippen LogP contribution in [0.1, 0.15) is 36.1 Å². The van der Waals surface area contributed by atoms with E-state index in [2.05, 4.69) is 34.1 Å². The number of aromatic nitrogens is 1. The molecular weight excluding hydrogens is 272 g/mol. The van der Waals surface area contributed by atoms with Gasteiger partial charge >= 0.3 is 0 Å². The SMILES string of the molecule is Cc1ccc(C2(O)CCCCN(Cc3ccccc3)C2)nc1. The highest BCUT2D eigenvalue weighted by atomic mass is 16.3. The van der Waals surface area contributed by atoms with Gasteiger partial charge in [0, 0.05) is 19.3 Å². The van der Waals surface area contributed by atoms with Crippen LogP contribution in [-0.2, 0) is 12.1 Å². The zero-order valence-corrected chi connectivity index (χ0v) is 13.2. The number of pyridine rings is 1. The zero-order valence-electron chi connectivity index (χ0n) is 13.2. The Labute approximate surface area is 132 Å². The van der Waals surface area contributed by atoms with Crippen molar-refractivity contribution in [3.63, 3.8) is 0 Å². The summed E-state index contributed by atoms with van der Waals surface area (Å²) in [5.74, 6) is 0. The highest BCUT2D eigenvalue weighted by molar-refractivity contribution is 5.19. The first kappa shape index (κ1) is 15.2. The van der Waals surface area contributed by atoms with E-state index in [9.17, 15) is 5.11 Å². The number of rotatable bonds is 3. The minimum Gasteiger partial charge on any atom is -0.382 e. The number of hydrogen-bond acceptors (Lipinski definition) is 3. The van der Waals surface area contributed by atoms with E-state index in [1.165, 1.54) is 5.56 Å². The van der Waals surface area contributed by atoms with Gasteiger partial charge in [-0.3, -0.25) is 9.88 Å². The Hall–Kier alpha value is -1.71. The minimum absolute atomic E-state index is 0.651. The van der Waals surface area contributed by atoms with Gasteiger partial charge in [0.25, 0.3) is 0 Å². The van der Waals surface area contributed by atoms with Crippen molar-refractivity contribution >= 4 is 0 Å². The maximum atomic E-state index is 11.2. The Kier molecular flexibility index (Phi) is 4.55. The Morgan fingerprint density at radius 3 is 2.68 bits per heavy atom. The van der Waals surface area contributed by atoms with E-state index in [0.717, 1.165) is 43.6 Å². The average molecular weight is 296 g/mol. The van der Waals surface area contributed by atoms with E-state index < -0.39 is 5.60 Å². The quantitative estimate of drug-likeness (QED) is 0.944. The van der Waals surface area contributed by atoms with Gasteiger partial charge in [-0.15, -0.1) is 0 Å². The lowest BCUT2D eigenvalue weighted by molar-refractivity contribution is -0.00369. The topological polar surface area (TPSA) is 36.4 Å². The molecule has 1 aromatic carbocycles. The van der Waals surface area contributed by atoms with Crippen LogP contribution >= 0.6 is 0 Å². The second-order valence-corrected chi connectivity index (χ2v) is 6.41. The van der Waals surface area contributed by atoms with E-state index in [1.54, 1.807) is 0 Å². The van der Waals surface area contributed by atoms with Gasteiger partial charge in [-0.25, -0.2) is 0 Å². The largest absolute Gasteiger partial charge is 0.382 e. The molecule has 1 aliphatic rings. The van der Waals surface area contributed by atoms with Crippen LogP contribution in [0, 0.1) is 6.92 Å². The molecule has 116 valence electrons. The summed E-state index contributed by atoms with van der Waals surface area (Å²) in [5, 5.41) is 11.2. The van der Waals surface area contributed by atoms with Crippen molar-refractivity contribution in [2.75, 3.05) is 13.1 Å². The molecule has 0 radical (unpaired) electrons. The van der Waals surface area contributed by atoms with Crippen molar-refractivity contribution in [3.8, 4) is 0 Å². The van der Waals surface area contributed by atoms with Crippen LogP contribution in [0.2, 0.25) is 0 Å². The van der Waals surface area contributed by atoms with Gasteiger partial charge in [-0.2, -0.15) is 0 Å². The summed E-state index contributed by atoms with van der Waals surface area (Å²) in [5.41, 5.74) is 2.39. The lowest BCUT2D eigenvalue weighted by atomic mass is 9.93. The molecule has 2 heterocycles. The molecule has 22 heavy (non-hydrogen) atoms. The molecule has 1 aromatic heterocycles. The van der Waals surface area contributed by atoms with Crippen molar-refractivity contribution in [2.24, 2.45) is 0 Å². The van der Waals surface area contributed by atoms with E-state index in [0.29, 0.717) is 6.54 Å². The van der Waals surface area contributed by atoms with E-state index >= 15 is 0 Å². The highest BCUT2D eigenvalue weighted by Crippen LogP contribution is 2.30. The Morgan fingerprint density at radius 2 is 1.95 bits per heavy atom. The molecule has 1 fully saturated rings. The summed E-state index contributed by atoms with van der Waals surface area (Å²) in [6.45, 7) is 4.59. The zero-order chi connectivity index (χ0) is 15.4. The fraction of sp³-hybridized carbons (Fsp3) is 0.421. The lowest BCUT2D eigenvalue weighted by Gasteiger charge is -2.31. The van der Waals surface area contributed by atoms with E-state index in [4.69, 9.17) is 0 Å². The fourth-order valence-corrected chi connectivity index (χ4v) is 3.21. The third-order valence-corrected chi connectivity index (χ3v) is 4.44. The van der Waals surface area contributed by atoms with Crippen LogP contribution in [0.4, 0.5) is 0 Å². The minimum atomic E-state index is -0.834. The third kappa shape index (κ3) is 3.54. The number of β-amino-alcohol motifs (C(OH)–C–C–N with tert-alkyl or cyclic N) is 1. The van der Waals surface area contributed by atoms with Gasteiger partial charge in [0.2, 0.25) is 0 Å². The number of likely N-dealkylation sites (tertiary alicyclic amines) is 1. The summed E-state index contributed by atoms with van der Waals surface area (Å²) in [7, 11) is 0.